The highest BCUT2D eigenvalue weighted by Gasteiger charge is 2.20. The molecule has 0 spiro atoms. The minimum atomic E-state index is -3.80. The van der Waals surface area contributed by atoms with Crippen LogP contribution in [-0.4, -0.2) is 12.8 Å². The Kier molecular flexibility index (Phi) is 18.0. The minimum Gasteiger partial charge on any atom is -0.306 e. The zero-order valence-corrected chi connectivity index (χ0v) is 17.3. The molecule has 0 aromatic heterocycles. The second-order valence-corrected chi connectivity index (χ2v) is 8.98. The summed E-state index contributed by atoms with van der Waals surface area (Å²) in [4.78, 5) is 0. The number of unbranched alkanes of at least 4 members (excludes halogenated alkanes) is 14. The summed E-state index contributed by atoms with van der Waals surface area (Å²) >= 11 is 0. The van der Waals surface area contributed by atoms with Crippen molar-refractivity contribution in [1.82, 2.24) is 0 Å². The van der Waals surface area contributed by atoms with Gasteiger partial charge in [0.1, 0.15) is 0 Å². The van der Waals surface area contributed by atoms with Crippen molar-refractivity contribution in [2.24, 2.45) is 0 Å². The summed E-state index contributed by atoms with van der Waals surface area (Å²) in [6.45, 7) is 4.54. The van der Waals surface area contributed by atoms with E-state index in [1.165, 1.54) is 77.0 Å². The fraction of sp³-hybridized carbons (Fsp3) is 1.00. The van der Waals surface area contributed by atoms with Crippen molar-refractivity contribution in [1.29, 1.82) is 0 Å². The lowest BCUT2D eigenvalue weighted by atomic mass is 10.0. The zero-order chi connectivity index (χ0) is 17.9. The van der Waals surface area contributed by atoms with Crippen LogP contribution in [0.3, 0.4) is 0 Å². The van der Waals surface area contributed by atoms with Gasteiger partial charge in [-0.1, -0.05) is 104 Å². The molecule has 146 valence electrons. The molecule has 2 nitrogen and oxygen atoms in total. The summed E-state index contributed by atoms with van der Waals surface area (Å²) in [6.07, 6.45) is 19.7. The first-order valence-corrected chi connectivity index (χ1v) is 12.3. The van der Waals surface area contributed by atoms with Gasteiger partial charge >= 0.3 is 7.68 Å². The molecule has 0 N–H and O–H groups in total. The molecular formula is C20H42FO2P. The smallest absolute Gasteiger partial charge is 0.306 e. The molecule has 0 heterocycles. The number of hydrogen-bond donors (Lipinski definition) is 0. The SMILES string of the molecule is CCCCCCCCCCCCCCCCOP(=O)(F)CCCC. The third kappa shape index (κ3) is 18.5. The molecule has 1 unspecified atom stereocenters. The normalized spacial score (nSPS) is 14.0. The summed E-state index contributed by atoms with van der Waals surface area (Å²) in [5, 5.41) is 0. The predicted octanol–water partition coefficient (Wildman–Crippen LogP) is 8.45. The fourth-order valence-electron chi connectivity index (χ4n) is 2.91. The van der Waals surface area contributed by atoms with Gasteiger partial charge in [0.2, 0.25) is 0 Å². The molecule has 0 amide bonds. The van der Waals surface area contributed by atoms with Crippen LogP contribution in [0.4, 0.5) is 4.20 Å². The van der Waals surface area contributed by atoms with Crippen LogP contribution in [0.1, 0.15) is 117 Å². The molecule has 4 heteroatoms. The average Bonchev–Trinajstić information content (AvgIpc) is 2.56. The Morgan fingerprint density at radius 2 is 1.00 bits per heavy atom. The van der Waals surface area contributed by atoms with Gasteiger partial charge in [-0.25, -0.2) is 0 Å². The van der Waals surface area contributed by atoms with E-state index in [9.17, 15) is 8.76 Å². The topological polar surface area (TPSA) is 26.3 Å². The van der Waals surface area contributed by atoms with E-state index in [1.54, 1.807) is 0 Å². The maximum Gasteiger partial charge on any atom is 0.367 e. The quantitative estimate of drug-likeness (QED) is 0.170. The molecule has 24 heavy (non-hydrogen) atoms. The first-order valence-electron chi connectivity index (χ1n) is 10.6. The van der Waals surface area contributed by atoms with Crippen LogP contribution in [0.2, 0.25) is 0 Å². The minimum absolute atomic E-state index is 0.0854. The van der Waals surface area contributed by atoms with Gasteiger partial charge in [-0.15, -0.1) is 0 Å². The second kappa shape index (κ2) is 17.9. The molecule has 0 aliphatic heterocycles. The van der Waals surface area contributed by atoms with Crippen LogP contribution in [0.5, 0.6) is 0 Å². The average molecular weight is 365 g/mol. The molecular weight excluding hydrogens is 322 g/mol. The summed E-state index contributed by atoms with van der Waals surface area (Å²) in [5.41, 5.74) is 0. The first kappa shape index (κ1) is 24.1. The Morgan fingerprint density at radius 3 is 1.42 bits per heavy atom. The van der Waals surface area contributed by atoms with Crippen molar-refractivity contribution in [3.05, 3.63) is 0 Å². The van der Waals surface area contributed by atoms with Crippen LogP contribution in [0, 0.1) is 0 Å². The van der Waals surface area contributed by atoms with Gasteiger partial charge in [0.05, 0.1) is 12.8 Å². The predicted molar refractivity (Wildman–Crippen MR) is 105 cm³/mol. The Bertz CT molecular complexity index is 297. The van der Waals surface area contributed by atoms with E-state index in [4.69, 9.17) is 4.52 Å². The van der Waals surface area contributed by atoms with E-state index in [-0.39, 0.29) is 6.16 Å². The fourth-order valence-corrected chi connectivity index (χ4v) is 4.13. The van der Waals surface area contributed by atoms with E-state index < -0.39 is 7.68 Å². The molecule has 0 aromatic carbocycles. The Morgan fingerprint density at radius 1 is 0.625 bits per heavy atom. The third-order valence-corrected chi connectivity index (χ3v) is 5.98. The van der Waals surface area contributed by atoms with Crippen LogP contribution in [0.25, 0.3) is 0 Å². The van der Waals surface area contributed by atoms with Crippen LogP contribution < -0.4 is 0 Å². The number of rotatable bonds is 19. The Balaban J connectivity index is 3.16. The number of halogens is 1. The van der Waals surface area contributed by atoms with Crippen molar-refractivity contribution in [3.8, 4) is 0 Å². The second-order valence-electron chi connectivity index (χ2n) is 7.10. The van der Waals surface area contributed by atoms with Gasteiger partial charge in [0.15, 0.2) is 0 Å². The van der Waals surface area contributed by atoms with Gasteiger partial charge in [-0.3, -0.25) is 4.57 Å². The van der Waals surface area contributed by atoms with Crippen LogP contribution in [-0.2, 0) is 9.09 Å². The molecule has 0 saturated carbocycles. The summed E-state index contributed by atoms with van der Waals surface area (Å²) < 4.78 is 29.8. The van der Waals surface area contributed by atoms with Crippen molar-refractivity contribution in [3.63, 3.8) is 0 Å². The van der Waals surface area contributed by atoms with Gasteiger partial charge in [-0.2, -0.15) is 4.20 Å². The van der Waals surface area contributed by atoms with E-state index >= 15 is 0 Å². The first-order chi connectivity index (χ1) is 11.6. The van der Waals surface area contributed by atoms with E-state index in [0.29, 0.717) is 13.0 Å². The molecule has 0 aliphatic rings. The summed E-state index contributed by atoms with van der Waals surface area (Å²) in [6, 6.07) is 0. The molecule has 0 saturated heterocycles. The van der Waals surface area contributed by atoms with Gasteiger partial charge in [0.25, 0.3) is 0 Å². The van der Waals surface area contributed by atoms with E-state index in [1.807, 2.05) is 6.92 Å². The van der Waals surface area contributed by atoms with Gasteiger partial charge in [-0.05, 0) is 12.8 Å². The lowest BCUT2D eigenvalue weighted by molar-refractivity contribution is 0.277. The molecule has 0 radical (unpaired) electrons. The monoisotopic (exact) mass is 364 g/mol. The highest BCUT2D eigenvalue weighted by molar-refractivity contribution is 7.53. The molecule has 0 aliphatic carbocycles. The lowest BCUT2D eigenvalue weighted by Crippen LogP contribution is -1.94. The Hall–Kier alpha value is 0.120. The van der Waals surface area contributed by atoms with E-state index in [0.717, 1.165) is 19.3 Å². The maximum atomic E-state index is 13.5. The van der Waals surface area contributed by atoms with Crippen molar-refractivity contribution in [2.45, 2.75) is 117 Å². The van der Waals surface area contributed by atoms with Crippen LogP contribution >= 0.6 is 7.68 Å². The molecule has 0 rings (SSSR count). The van der Waals surface area contributed by atoms with Crippen molar-refractivity contribution < 1.29 is 13.3 Å². The summed E-state index contributed by atoms with van der Waals surface area (Å²) in [7, 11) is -3.80. The largest absolute Gasteiger partial charge is 0.367 e. The summed E-state index contributed by atoms with van der Waals surface area (Å²) in [5.74, 6) is 0. The van der Waals surface area contributed by atoms with Crippen molar-refractivity contribution >= 4 is 7.68 Å². The van der Waals surface area contributed by atoms with Gasteiger partial charge in [0, 0.05) is 0 Å². The molecule has 0 bridgehead atoms. The number of hydrogen-bond acceptors (Lipinski definition) is 2. The maximum absolute atomic E-state index is 13.5. The molecule has 0 aromatic rings. The Labute approximate surface area is 150 Å². The highest BCUT2D eigenvalue weighted by Crippen LogP contribution is 2.49. The molecule has 1 atom stereocenters. The zero-order valence-electron chi connectivity index (χ0n) is 16.4. The van der Waals surface area contributed by atoms with Gasteiger partial charge < -0.3 is 4.52 Å². The third-order valence-electron chi connectivity index (χ3n) is 4.56. The molecule has 0 fully saturated rings. The van der Waals surface area contributed by atoms with E-state index in [2.05, 4.69) is 6.92 Å². The highest BCUT2D eigenvalue weighted by atomic mass is 31.2. The van der Waals surface area contributed by atoms with Crippen LogP contribution in [0.15, 0.2) is 0 Å². The lowest BCUT2D eigenvalue weighted by Gasteiger charge is -2.09. The van der Waals surface area contributed by atoms with Crippen molar-refractivity contribution in [2.75, 3.05) is 12.8 Å². The standard InChI is InChI=1S/C20H42FO2P/c1-3-5-7-8-9-10-11-12-13-14-15-16-17-18-19-23-24(21,22)20-6-4-2/h3-20H2,1-2H3.